The molecule has 0 bridgehead atoms. The molecule has 0 aliphatic rings. The molecule has 2 rings (SSSR count). The summed E-state index contributed by atoms with van der Waals surface area (Å²) in [5.74, 6) is 3.98. The van der Waals surface area contributed by atoms with Crippen molar-refractivity contribution in [2.45, 2.75) is 26.3 Å². The van der Waals surface area contributed by atoms with Gasteiger partial charge in [-0.25, -0.2) is 4.98 Å². The largest absolute Gasteiger partial charge is 0.481 e. The molecule has 22 heavy (non-hydrogen) atoms. The van der Waals surface area contributed by atoms with Crippen molar-refractivity contribution < 1.29 is 9.53 Å². The predicted molar refractivity (Wildman–Crippen MR) is 85.6 cm³/mol. The highest BCUT2D eigenvalue weighted by atomic mass is 16.5. The fourth-order valence-corrected chi connectivity index (χ4v) is 2.06. The molecule has 0 aliphatic heterocycles. The molecule has 5 heteroatoms. The topological polar surface area (TPSA) is 56.1 Å². The lowest BCUT2D eigenvalue weighted by atomic mass is 10.2. The van der Waals surface area contributed by atoms with Gasteiger partial charge in [0.05, 0.1) is 0 Å². The molecule has 114 valence electrons. The fourth-order valence-electron chi connectivity index (χ4n) is 2.06. The van der Waals surface area contributed by atoms with Crippen LogP contribution in [0.5, 0.6) is 5.75 Å². The Bertz CT molecular complexity index is 671. The second kappa shape index (κ2) is 7.89. The van der Waals surface area contributed by atoms with Gasteiger partial charge in [0, 0.05) is 37.1 Å². The van der Waals surface area contributed by atoms with Crippen LogP contribution in [0.3, 0.4) is 0 Å². The van der Waals surface area contributed by atoms with E-state index < -0.39 is 0 Å². The average Bonchev–Trinajstić information content (AvgIpc) is 2.91. The minimum atomic E-state index is -0.0214. The van der Waals surface area contributed by atoms with Crippen LogP contribution < -0.4 is 10.1 Å². The fraction of sp³-hybridized carbons (Fsp3) is 0.294. The minimum Gasteiger partial charge on any atom is -0.481 e. The number of aromatic nitrogens is 2. The molecular formula is C17H19N3O2. The number of benzene rings is 1. The van der Waals surface area contributed by atoms with Gasteiger partial charge in [-0.15, -0.1) is 6.42 Å². The van der Waals surface area contributed by atoms with Crippen LogP contribution in [0.25, 0.3) is 0 Å². The Balaban J connectivity index is 1.79. The molecule has 0 atom stereocenters. The van der Waals surface area contributed by atoms with Gasteiger partial charge in [-0.2, -0.15) is 0 Å². The Labute approximate surface area is 130 Å². The van der Waals surface area contributed by atoms with Gasteiger partial charge in [0.15, 0.2) is 0 Å². The summed E-state index contributed by atoms with van der Waals surface area (Å²) in [5.41, 5.74) is 0.707. The molecule has 0 spiro atoms. The highest BCUT2D eigenvalue weighted by molar-refractivity contribution is 5.90. The third kappa shape index (κ3) is 4.67. The van der Waals surface area contributed by atoms with Gasteiger partial charge in [0.25, 0.3) is 0 Å². The Morgan fingerprint density at radius 2 is 2.36 bits per heavy atom. The van der Waals surface area contributed by atoms with E-state index in [4.69, 9.17) is 11.2 Å². The van der Waals surface area contributed by atoms with Crippen LogP contribution >= 0.6 is 0 Å². The number of anilines is 1. The molecule has 0 aliphatic carbocycles. The normalized spacial score (nSPS) is 10.0. The molecule has 0 unspecified atom stereocenters. The van der Waals surface area contributed by atoms with Crippen LogP contribution in [0.2, 0.25) is 0 Å². The standard InChI is InChI=1S/C17H19N3O2/c1-3-12-22-16-7-4-6-15(13-16)19-17(21)8-5-10-20-11-9-18-14(20)2/h1,4,6-7,9,11,13H,5,8,10,12H2,2H3,(H,19,21). The number of nitrogens with one attached hydrogen (secondary N) is 1. The van der Waals surface area contributed by atoms with Crippen molar-refractivity contribution >= 4 is 11.6 Å². The van der Waals surface area contributed by atoms with Gasteiger partial charge in [-0.1, -0.05) is 12.0 Å². The van der Waals surface area contributed by atoms with Crippen LogP contribution in [0.1, 0.15) is 18.7 Å². The molecular weight excluding hydrogens is 278 g/mol. The van der Waals surface area contributed by atoms with Gasteiger partial charge < -0.3 is 14.6 Å². The summed E-state index contributed by atoms with van der Waals surface area (Å²) in [4.78, 5) is 16.1. The maximum atomic E-state index is 11.9. The molecule has 1 aromatic heterocycles. The van der Waals surface area contributed by atoms with E-state index in [1.807, 2.05) is 29.8 Å². The molecule has 1 aromatic carbocycles. The molecule has 5 nitrogen and oxygen atoms in total. The maximum Gasteiger partial charge on any atom is 0.224 e. The third-order valence-corrected chi connectivity index (χ3v) is 3.17. The summed E-state index contributed by atoms with van der Waals surface area (Å²) in [6.45, 7) is 2.94. The summed E-state index contributed by atoms with van der Waals surface area (Å²) < 4.78 is 7.35. The van der Waals surface area contributed by atoms with E-state index in [1.54, 1.807) is 18.3 Å². The molecule has 0 fully saturated rings. The lowest BCUT2D eigenvalue weighted by molar-refractivity contribution is -0.116. The summed E-state index contributed by atoms with van der Waals surface area (Å²) >= 11 is 0. The zero-order valence-corrected chi connectivity index (χ0v) is 12.6. The smallest absolute Gasteiger partial charge is 0.224 e. The summed E-state index contributed by atoms with van der Waals surface area (Å²) in [6, 6.07) is 7.20. The van der Waals surface area contributed by atoms with Crippen molar-refractivity contribution in [2.75, 3.05) is 11.9 Å². The lowest BCUT2D eigenvalue weighted by Gasteiger charge is -2.08. The van der Waals surface area contributed by atoms with Gasteiger partial charge in [-0.05, 0) is 25.5 Å². The van der Waals surface area contributed by atoms with Crippen molar-refractivity contribution in [2.24, 2.45) is 0 Å². The number of aryl methyl sites for hydroxylation is 2. The number of imidazole rings is 1. The Morgan fingerprint density at radius 1 is 1.50 bits per heavy atom. The number of nitrogens with zero attached hydrogens (tertiary/aromatic N) is 2. The van der Waals surface area contributed by atoms with E-state index in [-0.39, 0.29) is 12.5 Å². The number of carbonyl (C=O) groups is 1. The van der Waals surface area contributed by atoms with E-state index >= 15 is 0 Å². The maximum absolute atomic E-state index is 11.9. The van der Waals surface area contributed by atoms with Crippen molar-refractivity contribution in [3.05, 3.63) is 42.5 Å². The number of carbonyl (C=O) groups excluding carboxylic acids is 1. The van der Waals surface area contributed by atoms with Crippen molar-refractivity contribution in [3.8, 4) is 18.1 Å². The zero-order valence-electron chi connectivity index (χ0n) is 12.6. The first-order valence-corrected chi connectivity index (χ1v) is 7.13. The quantitative estimate of drug-likeness (QED) is 0.799. The summed E-state index contributed by atoms with van der Waals surface area (Å²) in [7, 11) is 0. The van der Waals surface area contributed by atoms with E-state index in [0.717, 1.165) is 18.8 Å². The van der Waals surface area contributed by atoms with Crippen LogP contribution in [0, 0.1) is 19.3 Å². The summed E-state index contributed by atoms with van der Waals surface area (Å²) in [5, 5.41) is 2.86. The third-order valence-electron chi connectivity index (χ3n) is 3.17. The van der Waals surface area contributed by atoms with Gasteiger partial charge >= 0.3 is 0 Å². The van der Waals surface area contributed by atoms with Crippen molar-refractivity contribution in [1.82, 2.24) is 9.55 Å². The number of ether oxygens (including phenoxy) is 1. The molecule has 1 N–H and O–H groups in total. The molecule has 0 radical (unpaired) electrons. The van der Waals surface area contributed by atoms with Gasteiger partial charge in [0.1, 0.15) is 18.2 Å². The first-order valence-electron chi connectivity index (χ1n) is 7.13. The Kier molecular flexibility index (Phi) is 5.61. The van der Waals surface area contributed by atoms with Crippen LogP contribution in [0.4, 0.5) is 5.69 Å². The predicted octanol–water partition coefficient (Wildman–Crippen LogP) is 2.62. The van der Waals surface area contributed by atoms with Gasteiger partial charge in [-0.3, -0.25) is 4.79 Å². The molecule has 0 saturated heterocycles. The first-order chi connectivity index (χ1) is 10.7. The Hall–Kier alpha value is -2.74. The SMILES string of the molecule is C#CCOc1cccc(NC(=O)CCCn2ccnc2C)c1. The van der Waals surface area contributed by atoms with Crippen molar-refractivity contribution in [1.29, 1.82) is 0 Å². The van der Waals surface area contributed by atoms with Crippen LogP contribution in [-0.4, -0.2) is 22.1 Å². The average molecular weight is 297 g/mol. The van der Waals surface area contributed by atoms with Crippen LogP contribution in [-0.2, 0) is 11.3 Å². The number of amides is 1. The highest BCUT2D eigenvalue weighted by Crippen LogP contribution is 2.17. The monoisotopic (exact) mass is 297 g/mol. The highest BCUT2D eigenvalue weighted by Gasteiger charge is 2.04. The van der Waals surface area contributed by atoms with E-state index in [0.29, 0.717) is 17.9 Å². The number of hydrogen-bond acceptors (Lipinski definition) is 3. The van der Waals surface area contributed by atoms with E-state index in [9.17, 15) is 4.79 Å². The summed E-state index contributed by atoms with van der Waals surface area (Å²) in [6.07, 6.45) is 10.0. The lowest BCUT2D eigenvalue weighted by Crippen LogP contribution is -2.12. The van der Waals surface area contributed by atoms with Gasteiger partial charge in [0.2, 0.25) is 5.91 Å². The minimum absolute atomic E-state index is 0.0214. The van der Waals surface area contributed by atoms with Crippen LogP contribution in [0.15, 0.2) is 36.7 Å². The molecule has 0 saturated carbocycles. The molecule has 1 amide bonds. The van der Waals surface area contributed by atoms with E-state index in [2.05, 4.69) is 16.2 Å². The van der Waals surface area contributed by atoms with Crippen molar-refractivity contribution in [3.63, 3.8) is 0 Å². The number of rotatable bonds is 7. The zero-order chi connectivity index (χ0) is 15.8. The molecule has 1 heterocycles. The Morgan fingerprint density at radius 3 is 3.09 bits per heavy atom. The second-order valence-corrected chi connectivity index (χ2v) is 4.84. The first kappa shape index (κ1) is 15.6. The number of terminal acetylenes is 1. The number of hydrogen-bond donors (Lipinski definition) is 1. The van der Waals surface area contributed by atoms with E-state index in [1.165, 1.54) is 0 Å². The molecule has 2 aromatic rings. The second-order valence-electron chi connectivity index (χ2n) is 4.84.